The molecule has 4 rings (SSSR count). The monoisotopic (exact) mass is 348 g/mol. The number of likely N-dealkylation sites (N-methyl/N-ethyl adjacent to an activating group) is 1. The van der Waals surface area contributed by atoms with Gasteiger partial charge in [-0.1, -0.05) is 0 Å². The number of hydrogen-bond acceptors (Lipinski definition) is 8. The zero-order valence-electron chi connectivity index (χ0n) is 14.2. The minimum atomic E-state index is -0.949. The Morgan fingerprint density at radius 1 is 1.36 bits per heavy atom. The molecule has 0 spiro atoms. The average Bonchev–Trinajstić information content (AvgIpc) is 2.96. The van der Waals surface area contributed by atoms with Gasteiger partial charge < -0.3 is 25.8 Å². The van der Waals surface area contributed by atoms with E-state index in [1.54, 1.807) is 6.92 Å². The molecule has 9 heteroatoms. The molecule has 0 aromatic heterocycles. The van der Waals surface area contributed by atoms with Gasteiger partial charge in [-0.2, -0.15) is 0 Å². The number of nitrogens with two attached hydrogens (primary N) is 2. The van der Waals surface area contributed by atoms with Crippen LogP contribution in [0.25, 0.3) is 0 Å². The number of amides is 1. The molecule has 0 bridgehead atoms. The van der Waals surface area contributed by atoms with Crippen molar-refractivity contribution in [2.45, 2.75) is 24.7 Å². The van der Waals surface area contributed by atoms with Crippen molar-refractivity contribution in [1.29, 1.82) is 0 Å². The second-order valence-corrected chi connectivity index (χ2v) is 6.89. The van der Waals surface area contributed by atoms with Crippen LogP contribution in [0.15, 0.2) is 22.5 Å². The number of nitrogens with zero attached hydrogens (tertiary/aromatic N) is 2. The summed E-state index contributed by atoms with van der Waals surface area (Å²) in [4.78, 5) is 40.8. The smallest absolute Gasteiger partial charge is 0.404 e. The quantitative estimate of drug-likeness (QED) is 0.475. The summed E-state index contributed by atoms with van der Waals surface area (Å²) in [6, 6.07) is 0.211. The second-order valence-electron chi connectivity index (χ2n) is 6.89. The van der Waals surface area contributed by atoms with Gasteiger partial charge in [0.1, 0.15) is 6.61 Å². The van der Waals surface area contributed by atoms with Crippen LogP contribution < -0.4 is 11.5 Å². The lowest BCUT2D eigenvalue weighted by atomic mass is 9.82. The van der Waals surface area contributed by atoms with Gasteiger partial charge in [0.2, 0.25) is 11.6 Å². The van der Waals surface area contributed by atoms with Crippen LogP contribution in [0.3, 0.4) is 0 Å². The second kappa shape index (κ2) is 4.83. The minimum absolute atomic E-state index is 0.00768. The van der Waals surface area contributed by atoms with Crippen LogP contribution in [0.4, 0.5) is 4.79 Å². The standard InChI is InChI=1S/C16H20N4O5/c1-6-10(17)13(22)9-7(5-25-15(18)23)16(24-3)14-8(19(14)2)4-20(16)11(9)12(6)21/h7-8,14H,4-5,17H2,1-3H3,(H2,18,23)/t7-,8?,14?,16+,19?/m0/s1. The summed E-state index contributed by atoms with van der Waals surface area (Å²) in [6.45, 7) is 1.96. The Balaban J connectivity index is 1.85. The number of primary amides is 1. The van der Waals surface area contributed by atoms with Crippen molar-refractivity contribution in [3.05, 3.63) is 22.5 Å². The molecular weight excluding hydrogens is 328 g/mol. The van der Waals surface area contributed by atoms with E-state index in [1.165, 1.54) is 7.11 Å². The summed E-state index contributed by atoms with van der Waals surface area (Å²) in [5.41, 5.74) is 10.8. The maximum absolute atomic E-state index is 12.9. The highest BCUT2D eigenvalue weighted by Gasteiger charge is 2.75. The topological polar surface area (TPSA) is 128 Å². The molecule has 9 nitrogen and oxygen atoms in total. The van der Waals surface area contributed by atoms with Crippen molar-refractivity contribution < 1.29 is 23.9 Å². The van der Waals surface area contributed by atoms with Gasteiger partial charge in [0.25, 0.3) is 0 Å². The van der Waals surface area contributed by atoms with Gasteiger partial charge in [0.05, 0.1) is 23.4 Å². The van der Waals surface area contributed by atoms with Gasteiger partial charge in [-0.15, -0.1) is 0 Å². The molecule has 3 unspecified atom stereocenters. The molecule has 1 amide bonds. The van der Waals surface area contributed by atoms with Crippen LogP contribution in [-0.2, 0) is 19.1 Å². The Bertz CT molecular complexity index is 787. The maximum Gasteiger partial charge on any atom is 0.404 e. The molecule has 0 aromatic carbocycles. The Morgan fingerprint density at radius 2 is 2.04 bits per heavy atom. The lowest BCUT2D eigenvalue weighted by Gasteiger charge is -2.40. The van der Waals surface area contributed by atoms with Crippen LogP contribution in [0.2, 0.25) is 0 Å². The Morgan fingerprint density at radius 3 is 2.64 bits per heavy atom. The number of methoxy groups -OCH3 is 1. The van der Waals surface area contributed by atoms with E-state index in [4.69, 9.17) is 20.9 Å². The Labute approximate surface area is 144 Å². The molecule has 0 saturated carbocycles. The molecule has 4 aliphatic rings. The van der Waals surface area contributed by atoms with E-state index in [2.05, 4.69) is 4.90 Å². The highest BCUT2D eigenvalue weighted by atomic mass is 16.6. The third kappa shape index (κ3) is 1.72. The molecule has 1 aliphatic carbocycles. The maximum atomic E-state index is 12.9. The van der Waals surface area contributed by atoms with E-state index in [1.807, 2.05) is 11.9 Å². The first kappa shape index (κ1) is 16.1. The van der Waals surface area contributed by atoms with Crippen LogP contribution in [-0.4, -0.2) is 72.6 Å². The summed E-state index contributed by atoms with van der Waals surface area (Å²) >= 11 is 0. The summed E-state index contributed by atoms with van der Waals surface area (Å²) in [7, 11) is 3.49. The number of rotatable bonds is 3. The molecule has 4 N–H and O–H groups in total. The van der Waals surface area contributed by atoms with Crippen LogP contribution in [0.5, 0.6) is 0 Å². The van der Waals surface area contributed by atoms with Crippen molar-refractivity contribution in [1.82, 2.24) is 9.80 Å². The molecular formula is C16H20N4O5. The van der Waals surface area contributed by atoms with E-state index in [0.29, 0.717) is 12.2 Å². The predicted molar refractivity (Wildman–Crippen MR) is 84.7 cm³/mol. The third-order valence-corrected chi connectivity index (χ3v) is 5.99. The van der Waals surface area contributed by atoms with Crippen LogP contribution >= 0.6 is 0 Å². The number of hydrogen-bond donors (Lipinski definition) is 2. The number of carbonyl (C=O) groups excluding carboxylic acids is 3. The molecule has 3 aliphatic heterocycles. The molecule has 5 atom stereocenters. The Kier molecular flexibility index (Phi) is 3.11. The van der Waals surface area contributed by atoms with Gasteiger partial charge in [0, 0.05) is 30.8 Å². The highest BCUT2D eigenvalue weighted by molar-refractivity contribution is 6.25. The normalized spacial score (nSPS) is 38.8. The zero-order chi connectivity index (χ0) is 18.3. The van der Waals surface area contributed by atoms with E-state index in [-0.39, 0.29) is 41.3 Å². The van der Waals surface area contributed by atoms with Gasteiger partial charge in [-0.05, 0) is 14.0 Å². The first-order valence-corrected chi connectivity index (χ1v) is 8.04. The summed E-state index contributed by atoms with van der Waals surface area (Å²) < 4.78 is 10.9. The summed E-state index contributed by atoms with van der Waals surface area (Å²) in [5, 5.41) is 0. The van der Waals surface area contributed by atoms with Crippen molar-refractivity contribution in [3.8, 4) is 0 Å². The molecule has 134 valence electrons. The van der Waals surface area contributed by atoms with Gasteiger partial charge in [0.15, 0.2) is 5.72 Å². The fraction of sp³-hybridized carbons (Fsp3) is 0.562. The number of ketones is 2. The number of piperazine rings is 1. The molecule has 2 saturated heterocycles. The van der Waals surface area contributed by atoms with Crippen molar-refractivity contribution in [2.75, 3.05) is 27.3 Å². The molecule has 0 radical (unpaired) electrons. The van der Waals surface area contributed by atoms with E-state index >= 15 is 0 Å². The number of Topliss-reactive ketones (excluding diaryl/α,β-unsaturated/α-hetero) is 2. The van der Waals surface area contributed by atoms with Crippen LogP contribution in [0, 0.1) is 5.92 Å². The average molecular weight is 348 g/mol. The summed E-state index contributed by atoms with van der Waals surface area (Å²) in [5.74, 6) is -1.32. The predicted octanol–water partition coefficient (Wildman–Crippen LogP) is -1.31. The fourth-order valence-corrected chi connectivity index (χ4v) is 4.73. The van der Waals surface area contributed by atoms with Crippen molar-refractivity contribution in [3.63, 3.8) is 0 Å². The summed E-state index contributed by atoms with van der Waals surface area (Å²) in [6.07, 6.45) is -0.945. The Hall–Kier alpha value is -2.39. The zero-order valence-corrected chi connectivity index (χ0v) is 14.2. The number of ether oxygens (including phenoxy) is 2. The number of carbonyl (C=O) groups is 3. The SMILES string of the molecule is CO[C@]12C3C(CN1C1=C(C(=O)C(N)=C(C)C1=O)[C@@H]2COC(N)=O)N3C. The third-order valence-electron chi connectivity index (χ3n) is 5.99. The number of fused-ring (bicyclic) bond motifs is 4. The van der Waals surface area contributed by atoms with E-state index < -0.39 is 23.5 Å². The largest absolute Gasteiger partial charge is 0.449 e. The van der Waals surface area contributed by atoms with Gasteiger partial charge in [-0.25, -0.2) is 4.79 Å². The fourth-order valence-electron chi connectivity index (χ4n) is 4.73. The first-order chi connectivity index (χ1) is 11.8. The van der Waals surface area contributed by atoms with Gasteiger partial charge in [-0.3, -0.25) is 14.5 Å². The molecule has 0 aromatic rings. The van der Waals surface area contributed by atoms with Crippen LogP contribution in [0.1, 0.15) is 6.92 Å². The van der Waals surface area contributed by atoms with Crippen molar-refractivity contribution in [2.24, 2.45) is 17.4 Å². The number of allylic oxidation sites excluding steroid dienone is 2. The van der Waals surface area contributed by atoms with E-state index in [9.17, 15) is 14.4 Å². The van der Waals surface area contributed by atoms with Crippen molar-refractivity contribution >= 4 is 17.7 Å². The molecule has 2 fully saturated rings. The lowest BCUT2D eigenvalue weighted by Crippen LogP contribution is -2.55. The molecule has 25 heavy (non-hydrogen) atoms. The lowest BCUT2D eigenvalue weighted by molar-refractivity contribution is -0.144. The first-order valence-electron chi connectivity index (χ1n) is 8.04. The molecule has 3 heterocycles. The van der Waals surface area contributed by atoms with Gasteiger partial charge >= 0.3 is 6.09 Å². The highest BCUT2D eigenvalue weighted by Crippen LogP contribution is 2.59. The van der Waals surface area contributed by atoms with E-state index in [0.717, 1.165) is 0 Å². The minimum Gasteiger partial charge on any atom is -0.449 e.